The predicted molar refractivity (Wildman–Crippen MR) is 77.8 cm³/mol. The quantitative estimate of drug-likeness (QED) is 0.635. The maximum Gasteiger partial charge on any atom is 0.119 e. The third-order valence-corrected chi connectivity index (χ3v) is 5.14. The molecule has 3 nitrogen and oxygen atoms in total. The summed E-state index contributed by atoms with van der Waals surface area (Å²) in [6.07, 6.45) is 2.48. The fourth-order valence-corrected chi connectivity index (χ4v) is 3.99. The van der Waals surface area contributed by atoms with Crippen molar-refractivity contribution in [2.75, 3.05) is 12.4 Å². The molecule has 1 heterocycles. The molecule has 1 aliphatic heterocycles. The number of thioether (sulfide) groups is 1. The maximum atomic E-state index is 5.77. The van der Waals surface area contributed by atoms with Crippen LogP contribution in [0.3, 0.4) is 0 Å². The van der Waals surface area contributed by atoms with Gasteiger partial charge in [-0.25, -0.2) is 0 Å². The van der Waals surface area contributed by atoms with Gasteiger partial charge >= 0.3 is 0 Å². The number of rotatable bonds is 5. The normalized spacial score (nSPS) is 25.1. The Morgan fingerprint density at radius 3 is 2.67 bits per heavy atom. The topological polar surface area (TPSA) is 47.3 Å². The van der Waals surface area contributed by atoms with Gasteiger partial charge in [0.15, 0.2) is 0 Å². The predicted octanol–water partition coefficient (Wildman–Crippen LogP) is 2.88. The molecule has 0 spiro atoms. The van der Waals surface area contributed by atoms with Crippen LogP contribution in [0.25, 0.3) is 0 Å². The van der Waals surface area contributed by atoms with Crippen molar-refractivity contribution < 1.29 is 4.74 Å². The molecule has 0 bridgehead atoms. The van der Waals surface area contributed by atoms with E-state index in [0.717, 1.165) is 5.75 Å². The Balaban J connectivity index is 2.16. The zero-order chi connectivity index (χ0) is 13.0. The van der Waals surface area contributed by atoms with Crippen LogP contribution in [0.4, 0.5) is 0 Å². The van der Waals surface area contributed by atoms with Crippen LogP contribution in [-0.4, -0.2) is 17.1 Å². The molecular weight excluding hydrogens is 244 g/mol. The SMILES string of the molecule is CCOc1ccc(C(NN)C2(C)CCCS2)cc1. The van der Waals surface area contributed by atoms with E-state index in [1.165, 1.54) is 24.2 Å². The zero-order valence-electron chi connectivity index (χ0n) is 11.1. The van der Waals surface area contributed by atoms with Crippen molar-refractivity contribution in [2.24, 2.45) is 5.84 Å². The summed E-state index contributed by atoms with van der Waals surface area (Å²) in [7, 11) is 0. The first-order valence-electron chi connectivity index (χ1n) is 6.52. The molecule has 2 unspecified atom stereocenters. The Labute approximate surface area is 113 Å². The summed E-state index contributed by atoms with van der Waals surface area (Å²) < 4.78 is 5.66. The molecular formula is C14H22N2OS. The number of ether oxygens (including phenoxy) is 1. The Kier molecular flexibility index (Phi) is 4.54. The third-order valence-electron chi connectivity index (χ3n) is 3.55. The van der Waals surface area contributed by atoms with E-state index < -0.39 is 0 Å². The van der Waals surface area contributed by atoms with Crippen LogP contribution < -0.4 is 16.0 Å². The molecule has 0 aromatic heterocycles. The van der Waals surface area contributed by atoms with Gasteiger partial charge in [-0.05, 0) is 50.1 Å². The number of hydrogen-bond acceptors (Lipinski definition) is 4. The van der Waals surface area contributed by atoms with Crippen LogP contribution in [0.5, 0.6) is 5.75 Å². The minimum atomic E-state index is 0.195. The van der Waals surface area contributed by atoms with Crippen molar-refractivity contribution >= 4 is 11.8 Å². The monoisotopic (exact) mass is 266 g/mol. The molecule has 0 saturated carbocycles. The van der Waals surface area contributed by atoms with Crippen LogP contribution in [-0.2, 0) is 0 Å². The molecule has 100 valence electrons. The van der Waals surface area contributed by atoms with Crippen molar-refractivity contribution in [3.8, 4) is 5.75 Å². The van der Waals surface area contributed by atoms with E-state index in [9.17, 15) is 0 Å². The summed E-state index contributed by atoms with van der Waals surface area (Å²) in [5.41, 5.74) is 4.22. The Bertz CT molecular complexity index is 374. The van der Waals surface area contributed by atoms with Crippen molar-refractivity contribution in [2.45, 2.75) is 37.5 Å². The largest absolute Gasteiger partial charge is 0.494 e. The highest BCUT2D eigenvalue weighted by atomic mass is 32.2. The van der Waals surface area contributed by atoms with Crippen LogP contribution in [0.15, 0.2) is 24.3 Å². The molecule has 1 aliphatic rings. The number of nitrogens with one attached hydrogen (secondary N) is 1. The highest BCUT2D eigenvalue weighted by Crippen LogP contribution is 2.46. The minimum absolute atomic E-state index is 0.195. The number of nitrogens with two attached hydrogens (primary N) is 1. The van der Waals surface area contributed by atoms with E-state index in [0.29, 0.717) is 6.61 Å². The summed E-state index contributed by atoms with van der Waals surface area (Å²) in [6.45, 7) is 4.99. The molecule has 3 N–H and O–H groups in total. The van der Waals surface area contributed by atoms with Gasteiger partial charge in [0.05, 0.1) is 12.6 Å². The number of benzene rings is 1. The van der Waals surface area contributed by atoms with Crippen LogP contribution >= 0.6 is 11.8 Å². The minimum Gasteiger partial charge on any atom is -0.494 e. The summed E-state index contributed by atoms with van der Waals surface area (Å²) in [5.74, 6) is 7.92. The van der Waals surface area contributed by atoms with Gasteiger partial charge in [0.2, 0.25) is 0 Å². The van der Waals surface area contributed by atoms with E-state index >= 15 is 0 Å². The van der Waals surface area contributed by atoms with Crippen LogP contribution in [0, 0.1) is 0 Å². The number of hydrazine groups is 1. The average molecular weight is 266 g/mol. The van der Waals surface area contributed by atoms with E-state index in [-0.39, 0.29) is 10.8 Å². The molecule has 0 aliphatic carbocycles. The molecule has 1 fully saturated rings. The lowest BCUT2D eigenvalue weighted by Gasteiger charge is -2.33. The second-order valence-electron chi connectivity index (χ2n) is 4.87. The van der Waals surface area contributed by atoms with Crippen LogP contribution in [0.2, 0.25) is 0 Å². The summed E-state index contributed by atoms with van der Waals surface area (Å²) in [5, 5.41) is 0. The van der Waals surface area contributed by atoms with E-state index in [2.05, 4.69) is 24.5 Å². The molecule has 1 saturated heterocycles. The maximum absolute atomic E-state index is 5.77. The van der Waals surface area contributed by atoms with E-state index in [1.807, 2.05) is 30.8 Å². The lowest BCUT2D eigenvalue weighted by molar-refractivity contribution is 0.339. The van der Waals surface area contributed by atoms with Gasteiger partial charge in [-0.2, -0.15) is 11.8 Å². The fraction of sp³-hybridized carbons (Fsp3) is 0.571. The zero-order valence-corrected chi connectivity index (χ0v) is 11.9. The lowest BCUT2D eigenvalue weighted by Crippen LogP contribution is -2.41. The lowest BCUT2D eigenvalue weighted by atomic mass is 9.91. The fourth-order valence-electron chi connectivity index (χ4n) is 2.58. The van der Waals surface area contributed by atoms with Gasteiger partial charge in [0.25, 0.3) is 0 Å². The molecule has 1 aromatic carbocycles. The van der Waals surface area contributed by atoms with Gasteiger partial charge in [-0.3, -0.25) is 11.3 Å². The van der Waals surface area contributed by atoms with Crippen molar-refractivity contribution in [1.29, 1.82) is 0 Å². The Morgan fingerprint density at radius 1 is 1.44 bits per heavy atom. The molecule has 2 atom stereocenters. The highest BCUT2D eigenvalue weighted by Gasteiger charge is 2.38. The average Bonchev–Trinajstić information content (AvgIpc) is 2.80. The second kappa shape index (κ2) is 5.95. The smallest absolute Gasteiger partial charge is 0.119 e. The molecule has 0 radical (unpaired) electrons. The molecule has 1 aromatic rings. The molecule has 2 rings (SSSR count). The molecule has 18 heavy (non-hydrogen) atoms. The van der Waals surface area contributed by atoms with Crippen molar-refractivity contribution in [3.63, 3.8) is 0 Å². The molecule has 0 amide bonds. The van der Waals surface area contributed by atoms with Crippen molar-refractivity contribution in [1.82, 2.24) is 5.43 Å². The first-order valence-corrected chi connectivity index (χ1v) is 7.51. The highest BCUT2D eigenvalue weighted by molar-refractivity contribution is 8.00. The first-order chi connectivity index (χ1) is 8.69. The van der Waals surface area contributed by atoms with Gasteiger partial charge in [0, 0.05) is 4.75 Å². The standard InChI is InChI=1S/C14H22N2OS/c1-3-17-12-7-5-11(6-8-12)13(16-15)14(2)9-4-10-18-14/h5-8,13,16H,3-4,9-10,15H2,1-2H3. The van der Waals surface area contributed by atoms with Gasteiger partial charge in [-0.1, -0.05) is 12.1 Å². The van der Waals surface area contributed by atoms with Gasteiger partial charge in [-0.15, -0.1) is 0 Å². The van der Waals surface area contributed by atoms with Crippen LogP contribution in [0.1, 0.15) is 38.3 Å². The summed E-state index contributed by atoms with van der Waals surface area (Å²) in [6, 6.07) is 8.46. The van der Waals surface area contributed by atoms with E-state index in [4.69, 9.17) is 10.6 Å². The second-order valence-corrected chi connectivity index (χ2v) is 6.50. The van der Waals surface area contributed by atoms with Crippen molar-refractivity contribution in [3.05, 3.63) is 29.8 Å². The third kappa shape index (κ3) is 2.82. The Morgan fingerprint density at radius 2 is 2.17 bits per heavy atom. The Hall–Kier alpha value is -0.710. The summed E-state index contributed by atoms with van der Waals surface area (Å²) >= 11 is 2.01. The van der Waals surface area contributed by atoms with E-state index in [1.54, 1.807) is 0 Å². The molecule has 4 heteroatoms. The first kappa shape index (κ1) is 13.7. The number of hydrogen-bond donors (Lipinski definition) is 2. The van der Waals surface area contributed by atoms with Gasteiger partial charge < -0.3 is 4.74 Å². The summed E-state index contributed by atoms with van der Waals surface area (Å²) in [4.78, 5) is 0. The van der Waals surface area contributed by atoms with Gasteiger partial charge in [0.1, 0.15) is 5.75 Å².